The van der Waals surface area contributed by atoms with Crippen molar-refractivity contribution in [2.45, 2.75) is 12.1 Å². The van der Waals surface area contributed by atoms with Gasteiger partial charge in [-0.15, -0.1) is 5.10 Å². The lowest BCUT2D eigenvalue weighted by Gasteiger charge is -2.02. The molecule has 0 aliphatic carbocycles. The molecule has 0 saturated heterocycles. The van der Waals surface area contributed by atoms with Gasteiger partial charge in [0.1, 0.15) is 0 Å². The van der Waals surface area contributed by atoms with Crippen LogP contribution in [0.1, 0.15) is 5.56 Å². The van der Waals surface area contributed by atoms with Gasteiger partial charge in [-0.25, -0.2) is 8.42 Å². The Morgan fingerprint density at radius 3 is 2.64 bits per heavy atom. The predicted octanol–water partition coefficient (Wildman–Crippen LogP) is 1.24. The second-order valence-electron chi connectivity index (χ2n) is 4.72. The average molecular weight is 383 g/mol. The molecule has 0 amide bonds. The Bertz CT molecular complexity index is 998. The summed E-state index contributed by atoms with van der Waals surface area (Å²) in [6, 6.07) is 5.66. The molecule has 0 spiro atoms. The van der Waals surface area contributed by atoms with Crippen molar-refractivity contribution in [3.8, 4) is 11.4 Å². The van der Waals surface area contributed by atoms with Crippen molar-refractivity contribution < 1.29 is 8.42 Å². The first kappa shape index (κ1) is 14.9. The Hall–Kier alpha value is -2.07. The monoisotopic (exact) mass is 382 g/mol. The van der Waals surface area contributed by atoms with Gasteiger partial charge < -0.3 is 5.73 Å². The zero-order valence-electron chi connectivity index (χ0n) is 11.6. The van der Waals surface area contributed by atoms with Crippen LogP contribution in [0, 0.1) is 6.92 Å². The zero-order valence-corrected chi connectivity index (χ0v) is 14.1. The van der Waals surface area contributed by atoms with Crippen molar-refractivity contribution in [3.05, 3.63) is 28.2 Å². The summed E-state index contributed by atoms with van der Waals surface area (Å²) in [4.78, 5) is 11.9. The molecule has 2 aromatic heterocycles. The van der Waals surface area contributed by atoms with E-state index in [1.807, 2.05) is 25.1 Å². The molecule has 0 aliphatic heterocycles. The maximum Gasteiger partial charge on any atom is 0.258 e. The summed E-state index contributed by atoms with van der Waals surface area (Å²) in [5.41, 5.74) is 7.52. The highest BCUT2D eigenvalue weighted by Crippen LogP contribution is 2.29. The largest absolute Gasteiger partial charge is 0.368 e. The van der Waals surface area contributed by atoms with Crippen LogP contribution in [0.15, 0.2) is 27.8 Å². The molecule has 0 unspecified atom stereocenters. The SMILES string of the molecule is Cc1cccc(-c2nc3nc(S(C)(=O)=O)nc(N)n3n2)c1Br. The minimum Gasteiger partial charge on any atom is -0.368 e. The van der Waals surface area contributed by atoms with Crippen molar-refractivity contribution in [1.29, 1.82) is 0 Å². The summed E-state index contributed by atoms with van der Waals surface area (Å²) in [5, 5.41) is 3.86. The molecule has 10 heteroatoms. The predicted molar refractivity (Wildman–Crippen MR) is 84.0 cm³/mol. The minimum atomic E-state index is -3.58. The highest BCUT2D eigenvalue weighted by molar-refractivity contribution is 9.10. The van der Waals surface area contributed by atoms with Crippen LogP contribution in [0.5, 0.6) is 0 Å². The first-order valence-electron chi connectivity index (χ1n) is 6.13. The van der Waals surface area contributed by atoms with Crippen LogP contribution in [0.3, 0.4) is 0 Å². The molecule has 22 heavy (non-hydrogen) atoms. The molecular formula is C12H11BrN6O2S. The van der Waals surface area contributed by atoms with Crippen LogP contribution in [0.4, 0.5) is 5.95 Å². The second-order valence-corrected chi connectivity index (χ2v) is 7.42. The van der Waals surface area contributed by atoms with E-state index in [0.29, 0.717) is 5.82 Å². The smallest absolute Gasteiger partial charge is 0.258 e. The Morgan fingerprint density at radius 2 is 1.95 bits per heavy atom. The third kappa shape index (κ3) is 2.44. The summed E-state index contributed by atoms with van der Waals surface area (Å²) in [5.74, 6) is 0.367. The summed E-state index contributed by atoms with van der Waals surface area (Å²) in [6.07, 6.45) is 1.01. The van der Waals surface area contributed by atoms with E-state index in [0.717, 1.165) is 21.9 Å². The number of hydrogen-bond donors (Lipinski definition) is 1. The number of halogens is 1. The van der Waals surface area contributed by atoms with Gasteiger partial charge in [-0.3, -0.25) is 0 Å². The van der Waals surface area contributed by atoms with Crippen LogP contribution >= 0.6 is 15.9 Å². The number of fused-ring (bicyclic) bond motifs is 1. The summed E-state index contributed by atoms with van der Waals surface area (Å²) in [6.45, 7) is 1.94. The van der Waals surface area contributed by atoms with Gasteiger partial charge in [-0.2, -0.15) is 19.5 Å². The summed E-state index contributed by atoms with van der Waals surface area (Å²) < 4.78 is 25.2. The number of nitrogens with zero attached hydrogens (tertiary/aromatic N) is 5. The molecule has 114 valence electrons. The molecule has 0 atom stereocenters. The first-order valence-corrected chi connectivity index (χ1v) is 8.81. The fourth-order valence-electron chi connectivity index (χ4n) is 1.89. The number of hydrogen-bond acceptors (Lipinski definition) is 7. The standard InChI is InChI=1S/C12H11BrN6O2S/c1-6-4-3-5-7(8(6)13)9-15-11-17-12(22(2,20)21)16-10(14)19(11)18-9/h3-5H,1-2H3,(H2,14,15,16,17,18). The average Bonchev–Trinajstić information content (AvgIpc) is 2.85. The molecule has 0 saturated carbocycles. The molecule has 0 bridgehead atoms. The van der Waals surface area contributed by atoms with E-state index in [9.17, 15) is 8.42 Å². The van der Waals surface area contributed by atoms with Gasteiger partial charge in [0, 0.05) is 16.3 Å². The fourth-order valence-corrected chi connectivity index (χ4v) is 2.83. The zero-order chi connectivity index (χ0) is 16.1. The van der Waals surface area contributed by atoms with Gasteiger partial charge in [0.15, 0.2) is 5.82 Å². The fraction of sp³-hybridized carbons (Fsp3) is 0.167. The van der Waals surface area contributed by atoms with Crippen molar-refractivity contribution in [1.82, 2.24) is 24.6 Å². The summed E-state index contributed by atoms with van der Waals surface area (Å²) >= 11 is 3.49. The third-order valence-electron chi connectivity index (χ3n) is 2.98. The summed E-state index contributed by atoms with van der Waals surface area (Å²) in [7, 11) is -3.58. The minimum absolute atomic E-state index is 0.0799. The molecule has 0 aliphatic rings. The lowest BCUT2D eigenvalue weighted by molar-refractivity contribution is 0.592. The van der Waals surface area contributed by atoms with Crippen molar-refractivity contribution in [2.24, 2.45) is 0 Å². The van der Waals surface area contributed by atoms with E-state index in [4.69, 9.17) is 5.73 Å². The Kier molecular flexibility index (Phi) is 3.37. The number of nitrogen functional groups attached to an aromatic ring is 1. The van der Waals surface area contributed by atoms with Crippen molar-refractivity contribution in [2.75, 3.05) is 12.0 Å². The van der Waals surface area contributed by atoms with Crippen LogP contribution in [-0.4, -0.2) is 39.2 Å². The molecule has 2 N–H and O–H groups in total. The van der Waals surface area contributed by atoms with Gasteiger partial charge in [-0.1, -0.05) is 12.1 Å². The molecule has 1 aromatic carbocycles. The van der Waals surface area contributed by atoms with Crippen LogP contribution in [0.2, 0.25) is 0 Å². The number of sulfone groups is 1. The Balaban J connectivity index is 2.26. The second kappa shape index (κ2) is 4.99. The van der Waals surface area contributed by atoms with Gasteiger partial charge in [0.2, 0.25) is 15.8 Å². The number of anilines is 1. The van der Waals surface area contributed by atoms with Gasteiger partial charge in [-0.05, 0) is 34.5 Å². The number of nitrogens with two attached hydrogens (primary N) is 1. The lowest BCUT2D eigenvalue weighted by Crippen LogP contribution is -2.11. The number of aryl methyl sites for hydroxylation is 1. The van der Waals surface area contributed by atoms with E-state index in [2.05, 4.69) is 36.0 Å². The van der Waals surface area contributed by atoms with E-state index in [1.165, 1.54) is 4.52 Å². The molecule has 0 fully saturated rings. The molecule has 3 rings (SSSR count). The molecule has 8 nitrogen and oxygen atoms in total. The van der Waals surface area contributed by atoms with Crippen molar-refractivity contribution in [3.63, 3.8) is 0 Å². The molecule has 2 heterocycles. The third-order valence-corrected chi connectivity index (χ3v) is 4.88. The van der Waals surface area contributed by atoms with Gasteiger partial charge in [0.05, 0.1) is 0 Å². The van der Waals surface area contributed by atoms with E-state index in [-0.39, 0.29) is 16.9 Å². The highest BCUT2D eigenvalue weighted by atomic mass is 79.9. The van der Waals surface area contributed by atoms with Crippen molar-refractivity contribution >= 4 is 37.5 Å². The van der Waals surface area contributed by atoms with E-state index in [1.54, 1.807) is 0 Å². The number of benzene rings is 1. The number of aromatic nitrogens is 5. The molecule has 3 aromatic rings. The van der Waals surface area contributed by atoms with E-state index >= 15 is 0 Å². The van der Waals surface area contributed by atoms with Crippen LogP contribution in [-0.2, 0) is 9.84 Å². The van der Waals surface area contributed by atoms with Gasteiger partial charge in [0.25, 0.3) is 10.9 Å². The number of rotatable bonds is 2. The lowest BCUT2D eigenvalue weighted by atomic mass is 10.1. The topological polar surface area (TPSA) is 116 Å². The quantitative estimate of drug-likeness (QED) is 0.708. The maximum atomic E-state index is 11.6. The molecular weight excluding hydrogens is 372 g/mol. The van der Waals surface area contributed by atoms with E-state index < -0.39 is 9.84 Å². The molecule has 0 radical (unpaired) electrons. The van der Waals surface area contributed by atoms with Crippen LogP contribution in [0.25, 0.3) is 17.2 Å². The van der Waals surface area contributed by atoms with Crippen LogP contribution < -0.4 is 5.73 Å². The first-order chi connectivity index (χ1) is 10.3. The normalized spacial score (nSPS) is 12.0. The Labute approximate surface area is 134 Å². The van der Waals surface area contributed by atoms with Gasteiger partial charge >= 0.3 is 0 Å². The highest BCUT2D eigenvalue weighted by Gasteiger charge is 2.18. The Morgan fingerprint density at radius 1 is 1.23 bits per heavy atom. The maximum absolute atomic E-state index is 11.6.